The van der Waals surface area contributed by atoms with Gasteiger partial charge >= 0.3 is 19.7 Å². The largest absolute Gasteiger partial charge is 0.494 e. The van der Waals surface area contributed by atoms with E-state index in [2.05, 4.69) is 16.0 Å². The molecule has 0 bridgehead atoms. The molecular weight excluding hydrogens is 668 g/mol. The molecule has 15 nitrogen and oxygen atoms in total. The number of carboxylic acid groups (broad SMARTS) is 1. The van der Waals surface area contributed by atoms with Crippen LogP contribution < -0.4 is 20.7 Å². The number of hydrogen-bond donors (Lipinski definition) is 7. The quantitative estimate of drug-likeness (QED) is 0.0276. The molecule has 1 heterocycles. The lowest BCUT2D eigenvalue weighted by molar-refractivity contribution is -0.192. The second-order valence-electron chi connectivity index (χ2n) is 10.3. The van der Waals surface area contributed by atoms with Crippen molar-refractivity contribution in [2.24, 2.45) is 5.92 Å². The minimum Gasteiger partial charge on any atom is -0.494 e. The topological polar surface area (TPSA) is 228 Å². The number of furan rings is 1. The number of rotatable bonds is 19. The highest BCUT2D eigenvalue weighted by molar-refractivity contribution is 7.51. The number of carbonyl (C=O) groups is 4. The molecule has 0 aliphatic heterocycles. The number of aliphatic carboxylic acids is 1. The molecule has 0 saturated carbocycles. The zero-order chi connectivity index (χ0) is 36.5. The van der Waals surface area contributed by atoms with Gasteiger partial charge in [-0.3, -0.25) is 24.2 Å². The van der Waals surface area contributed by atoms with E-state index in [9.17, 15) is 37.3 Å². The van der Waals surface area contributed by atoms with Gasteiger partial charge in [-0.2, -0.15) is 13.2 Å². The molecule has 0 radical (unpaired) electrons. The van der Waals surface area contributed by atoms with E-state index in [-0.39, 0.29) is 31.3 Å². The predicted molar refractivity (Wildman–Crippen MR) is 165 cm³/mol. The van der Waals surface area contributed by atoms with E-state index in [1.165, 1.54) is 6.07 Å². The number of amides is 3. The van der Waals surface area contributed by atoms with E-state index in [1.807, 2.05) is 13.8 Å². The zero-order valence-corrected chi connectivity index (χ0v) is 27.6. The number of hydrogen-bond acceptors (Lipinski definition) is 9. The summed E-state index contributed by atoms with van der Waals surface area (Å²) >= 11 is 0. The number of ether oxygens (including phenoxy) is 1. The monoisotopic (exact) mass is 710 g/mol. The van der Waals surface area contributed by atoms with Crippen LogP contribution in [0.25, 0.3) is 11.3 Å². The summed E-state index contributed by atoms with van der Waals surface area (Å²) < 4.78 is 54.2. The highest BCUT2D eigenvalue weighted by Crippen LogP contribution is 2.33. The van der Waals surface area contributed by atoms with E-state index >= 15 is 0 Å². The number of alkyl halides is 3. The molecular formula is C29H42F3N4O11P. The fourth-order valence-electron chi connectivity index (χ4n) is 4.39. The molecule has 0 aliphatic rings. The van der Waals surface area contributed by atoms with Crippen molar-refractivity contribution in [3.63, 3.8) is 0 Å². The third kappa shape index (κ3) is 15.3. The Bertz CT molecular complexity index is 1380. The summed E-state index contributed by atoms with van der Waals surface area (Å²) in [5, 5.41) is 25.5. The zero-order valence-electron chi connectivity index (χ0n) is 26.7. The van der Waals surface area contributed by atoms with Crippen molar-refractivity contribution in [3.8, 4) is 17.1 Å². The molecule has 0 spiro atoms. The normalized spacial score (nSPS) is 12.6. The van der Waals surface area contributed by atoms with Crippen LogP contribution in [0, 0.1) is 5.92 Å². The van der Waals surface area contributed by atoms with Crippen molar-refractivity contribution < 1.29 is 66.2 Å². The lowest BCUT2D eigenvalue weighted by atomic mass is 9.90. The first-order valence-electron chi connectivity index (χ1n) is 14.9. The van der Waals surface area contributed by atoms with Crippen LogP contribution in [-0.4, -0.2) is 81.1 Å². The molecule has 2 aromatic rings. The summed E-state index contributed by atoms with van der Waals surface area (Å²) in [6, 6.07) is 7.63. The number of carbonyl (C=O) groups excluding carboxylic acids is 3. The first-order chi connectivity index (χ1) is 22.5. The van der Waals surface area contributed by atoms with Crippen LogP contribution in [0.3, 0.4) is 0 Å². The number of halogens is 3. The van der Waals surface area contributed by atoms with Gasteiger partial charge in [0.25, 0.3) is 5.91 Å². The van der Waals surface area contributed by atoms with Gasteiger partial charge in [0.2, 0.25) is 12.3 Å². The Morgan fingerprint density at radius 3 is 2.29 bits per heavy atom. The van der Waals surface area contributed by atoms with Crippen molar-refractivity contribution in [1.29, 1.82) is 0 Å². The van der Waals surface area contributed by atoms with Gasteiger partial charge in [-0.05, 0) is 55.7 Å². The molecule has 1 aromatic carbocycles. The van der Waals surface area contributed by atoms with E-state index in [0.29, 0.717) is 47.1 Å². The summed E-state index contributed by atoms with van der Waals surface area (Å²) in [4.78, 5) is 63.8. The summed E-state index contributed by atoms with van der Waals surface area (Å²) in [7, 11) is -4.20. The lowest BCUT2D eigenvalue weighted by Gasteiger charge is -2.29. The van der Waals surface area contributed by atoms with E-state index < -0.39 is 43.9 Å². The van der Waals surface area contributed by atoms with Crippen LogP contribution in [0.5, 0.6) is 5.75 Å². The van der Waals surface area contributed by atoms with Gasteiger partial charge in [-0.15, -0.1) is 0 Å². The maximum Gasteiger partial charge on any atom is 0.490 e. The average molecular weight is 711 g/mol. The van der Waals surface area contributed by atoms with Gasteiger partial charge < -0.3 is 40.0 Å². The molecule has 48 heavy (non-hydrogen) atoms. The van der Waals surface area contributed by atoms with Crippen LogP contribution in [0.2, 0.25) is 0 Å². The lowest BCUT2D eigenvalue weighted by Crippen LogP contribution is -2.47. The Morgan fingerprint density at radius 2 is 1.75 bits per heavy atom. The van der Waals surface area contributed by atoms with E-state index in [1.54, 1.807) is 31.2 Å². The fourth-order valence-corrected chi connectivity index (χ4v) is 4.80. The van der Waals surface area contributed by atoms with Crippen LogP contribution in [0.1, 0.15) is 69.0 Å². The molecule has 7 N–H and O–H groups in total. The minimum atomic E-state index is -5.08. The van der Waals surface area contributed by atoms with E-state index in [4.69, 9.17) is 28.8 Å². The average Bonchev–Trinajstić information content (AvgIpc) is 3.50. The number of hydroxylamine groups is 2. The second kappa shape index (κ2) is 20.4. The Labute approximate surface area is 274 Å². The van der Waals surface area contributed by atoms with Gasteiger partial charge in [0, 0.05) is 12.1 Å². The number of unbranched alkanes of at least 4 members (excludes halogenated alkanes) is 2. The molecule has 1 aromatic heterocycles. The van der Waals surface area contributed by atoms with Crippen LogP contribution in [0.4, 0.5) is 13.2 Å². The number of carboxylic acids is 1. The molecule has 2 rings (SSSR count). The van der Waals surface area contributed by atoms with Gasteiger partial charge in [0.15, 0.2) is 5.76 Å². The Morgan fingerprint density at radius 1 is 1.08 bits per heavy atom. The summed E-state index contributed by atoms with van der Waals surface area (Å²) in [5.41, 5.74) is 1.29. The highest BCUT2D eigenvalue weighted by atomic mass is 31.2. The summed E-state index contributed by atoms with van der Waals surface area (Å²) in [6.07, 6.45) is -1.79. The maximum atomic E-state index is 12.9. The predicted octanol–water partition coefficient (Wildman–Crippen LogP) is 3.83. The third-order valence-corrected chi connectivity index (χ3v) is 7.21. The molecule has 3 amide bonds. The minimum absolute atomic E-state index is 0.00524. The van der Waals surface area contributed by atoms with Crippen LogP contribution >= 0.6 is 7.60 Å². The molecule has 2 atom stereocenters. The molecule has 270 valence electrons. The Balaban J connectivity index is 0.00000148. The fraction of sp³-hybridized carbons (Fsp3) is 0.517. The third-order valence-electron chi connectivity index (χ3n) is 6.58. The first kappa shape index (κ1) is 42.1. The van der Waals surface area contributed by atoms with Crippen LogP contribution in [0.15, 0.2) is 34.7 Å². The molecule has 0 aliphatic carbocycles. The maximum absolute atomic E-state index is 12.9. The molecule has 19 heteroatoms. The van der Waals surface area contributed by atoms with Gasteiger partial charge in [0.05, 0.1) is 31.5 Å². The van der Waals surface area contributed by atoms with Crippen molar-refractivity contribution in [3.05, 3.63) is 41.7 Å². The summed E-state index contributed by atoms with van der Waals surface area (Å²) in [6.45, 7) is 6.03. The van der Waals surface area contributed by atoms with Crippen molar-refractivity contribution in [1.82, 2.24) is 21.0 Å². The van der Waals surface area contributed by atoms with Crippen molar-refractivity contribution in [2.45, 2.75) is 71.6 Å². The Kier molecular flexibility index (Phi) is 17.9. The molecule has 0 fully saturated rings. The Hall–Kier alpha value is -3.96. The SMILES string of the molecule is CCCCC[C@@H](C(=O)NCNC(=O)c1ccc(-c2cc(CNCP(=O)(O)O)cc(OCC)c2)o1)[C@@H](CC)N(O)C=O.O=C(O)C(F)(F)F. The first-order valence-corrected chi connectivity index (χ1v) is 16.7. The van der Waals surface area contributed by atoms with Crippen molar-refractivity contribution in [2.75, 3.05) is 19.6 Å². The number of nitrogens with zero attached hydrogens (tertiary/aromatic N) is 1. The van der Waals surface area contributed by atoms with Crippen molar-refractivity contribution >= 4 is 31.8 Å². The summed E-state index contributed by atoms with van der Waals surface area (Å²) in [5.74, 6) is -3.45. The number of nitrogens with one attached hydrogen (secondary N) is 3. The van der Waals surface area contributed by atoms with Gasteiger partial charge in [0.1, 0.15) is 11.5 Å². The molecule has 0 unspecified atom stereocenters. The standard InChI is InChI=1S/C27H41N4O9P.C2HF3O2/c1-4-7-8-9-22(23(5-2)31(35)18-32)26(33)29-16-30-27(34)25-11-10-24(40-25)20-12-19(13-21(14-20)39-6-3)15-28-17-41(36,37)38;3-2(4,5)1(6)7/h10-14,18,22-23,28,35H,4-9,15-17H2,1-3H3,(H,29,33)(H,30,34)(H2,36,37,38);(H,6,7)/t22-,23-;/m1./s1. The van der Waals surface area contributed by atoms with Crippen LogP contribution in [-0.2, 0) is 25.5 Å². The van der Waals surface area contributed by atoms with Gasteiger partial charge in [-0.25, -0.2) is 9.86 Å². The highest BCUT2D eigenvalue weighted by Gasteiger charge is 2.38. The smallest absolute Gasteiger partial charge is 0.490 e. The van der Waals surface area contributed by atoms with Gasteiger partial charge in [-0.1, -0.05) is 33.1 Å². The second-order valence-corrected chi connectivity index (χ2v) is 11.9. The number of benzene rings is 1. The molecule has 0 saturated heterocycles. The van der Waals surface area contributed by atoms with E-state index in [0.717, 1.165) is 19.3 Å².